The molecule has 2 aromatic carbocycles. The van der Waals surface area contributed by atoms with Gasteiger partial charge in [0.1, 0.15) is 17.2 Å². The van der Waals surface area contributed by atoms with Crippen LogP contribution in [-0.4, -0.2) is 19.2 Å². The number of unbranched alkanes of at least 4 members (excludes halogenated alkanes) is 5. The largest absolute Gasteiger partial charge is 0.494 e. The molecule has 2 aromatic rings. The van der Waals surface area contributed by atoms with Crippen molar-refractivity contribution in [2.75, 3.05) is 13.2 Å². The van der Waals surface area contributed by atoms with Crippen molar-refractivity contribution < 1.29 is 19.0 Å². The van der Waals surface area contributed by atoms with E-state index in [9.17, 15) is 4.79 Å². The van der Waals surface area contributed by atoms with Crippen molar-refractivity contribution in [3.8, 4) is 17.2 Å². The number of carbonyl (C=O) groups excluding carboxylic acids is 1. The molecule has 0 saturated heterocycles. The van der Waals surface area contributed by atoms with Gasteiger partial charge in [0.2, 0.25) is 0 Å². The van der Waals surface area contributed by atoms with Gasteiger partial charge in [-0.2, -0.15) is 0 Å². The van der Waals surface area contributed by atoms with E-state index < -0.39 is 0 Å². The van der Waals surface area contributed by atoms with Crippen LogP contribution in [0.3, 0.4) is 0 Å². The minimum Gasteiger partial charge on any atom is -0.494 e. The lowest BCUT2D eigenvalue weighted by Gasteiger charge is -2.28. The van der Waals surface area contributed by atoms with Gasteiger partial charge in [-0.25, -0.2) is 4.79 Å². The zero-order chi connectivity index (χ0) is 27.7. The van der Waals surface area contributed by atoms with E-state index in [2.05, 4.69) is 20.8 Å². The molecule has 3 rings (SSSR count). The van der Waals surface area contributed by atoms with Gasteiger partial charge < -0.3 is 14.2 Å². The smallest absolute Gasteiger partial charge is 0.343 e. The maximum absolute atomic E-state index is 12.6. The molecule has 0 amide bonds. The molecule has 0 aromatic heterocycles. The highest BCUT2D eigenvalue weighted by Gasteiger charge is 2.21. The minimum atomic E-state index is -0.370. The molecular formula is C35H52O4. The Morgan fingerprint density at radius 1 is 0.744 bits per heavy atom. The van der Waals surface area contributed by atoms with Gasteiger partial charge in [0.05, 0.1) is 18.8 Å². The summed E-state index contributed by atoms with van der Waals surface area (Å²) in [7, 11) is 0. The molecule has 4 heteroatoms. The van der Waals surface area contributed by atoms with E-state index in [1.165, 1.54) is 83.5 Å². The van der Waals surface area contributed by atoms with Crippen molar-refractivity contribution in [3.05, 3.63) is 54.1 Å². The average molecular weight is 537 g/mol. The van der Waals surface area contributed by atoms with Crippen molar-refractivity contribution >= 4 is 5.97 Å². The second-order valence-electron chi connectivity index (χ2n) is 11.6. The first-order valence-electron chi connectivity index (χ1n) is 15.7. The molecule has 1 aliphatic rings. The molecule has 0 aliphatic heterocycles. The zero-order valence-electron chi connectivity index (χ0n) is 24.8. The van der Waals surface area contributed by atoms with Crippen molar-refractivity contribution in [2.24, 2.45) is 17.8 Å². The molecule has 0 spiro atoms. The van der Waals surface area contributed by atoms with Gasteiger partial charge in [-0.3, -0.25) is 0 Å². The fraction of sp³-hybridized carbons (Fsp3) is 0.629. The molecule has 0 heterocycles. The number of hydrogen-bond donors (Lipinski definition) is 0. The molecule has 1 unspecified atom stereocenters. The zero-order valence-corrected chi connectivity index (χ0v) is 24.8. The Bertz CT molecular complexity index is 913. The lowest BCUT2D eigenvalue weighted by Crippen LogP contribution is -2.20. The standard InChI is InChI=1S/C35H52O4/c1-4-6-7-8-9-13-29-14-16-30(17-15-29)27-38-33-22-24-34(25-23-33)39-35(36)31-18-20-32(21-19-31)37-26-11-10-12-28(3)5-2/h18-25,28-30H,4-17,26-27H2,1-3H3. The van der Waals surface area contributed by atoms with Crippen LogP contribution in [0.2, 0.25) is 0 Å². The number of ether oxygens (including phenoxy) is 3. The summed E-state index contributed by atoms with van der Waals surface area (Å²) in [6, 6.07) is 14.6. The highest BCUT2D eigenvalue weighted by Crippen LogP contribution is 2.32. The van der Waals surface area contributed by atoms with Crippen molar-refractivity contribution in [2.45, 2.75) is 111 Å². The Labute approximate surface area is 237 Å². The van der Waals surface area contributed by atoms with E-state index >= 15 is 0 Å². The van der Waals surface area contributed by atoms with Crippen LogP contribution in [0.25, 0.3) is 0 Å². The Morgan fingerprint density at radius 3 is 2.05 bits per heavy atom. The minimum absolute atomic E-state index is 0.370. The number of carbonyl (C=O) groups is 1. The molecule has 216 valence electrons. The molecule has 1 aliphatic carbocycles. The fourth-order valence-electron chi connectivity index (χ4n) is 5.38. The molecular weight excluding hydrogens is 484 g/mol. The highest BCUT2D eigenvalue weighted by atomic mass is 16.5. The quantitative estimate of drug-likeness (QED) is 0.108. The Kier molecular flexibility index (Phi) is 14.3. The second kappa shape index (κ2) is 18.0. The van der Waals surface area contributed by atoms with Gasteiger partial charge in [0.15, 0.2) is 0 Å². The van der Waals surface area contributed by atoms with E-state index in [0.29, 0.717) is 23.8 Å². The van der Waals surface area contributed by atoms with Crippen LogP contribution in [0.15, 0.2) is 48.5 Å². The molecule has 0 bridgehead atoms. The Balaban J connectivity index is 1.31. The van der Waals surface area contributed by atoms with Crippen LogP contribution >= 0.6 is 0 Å². The van der Waals surface area contributed by atoms with Gasteiger partial charge in [-0.05, 0) is 92.0 Å². The summed E-state index contributed by atoms with van der Waals surface area (Å²) in [6.07, 6.45) is 18.3. The third kappa shape index (κ3) is 12.1. The number of hydrogen-bond acceptors (Lipinski definition) is 4. The van der Waals surface area contributed by atoms with Crippen LogP contribution < -0.4 is 14.2 Å². The van der Waals surface area contributed by atoms with Crippen LogP contribution in [0.4, 0.5) is 0 Å². The van der Waals surface area contributed by atoms with E-state index in [0.717, 1.165) is 36.4 Å². The number of rotatable bonds is 18. The summed E-state index contributed by atoms with van der Waals surface area (Å²) in [6.45, 7) is 8.29. The molecule has 1 fully saturated rings. The van der Waals surface area contributed by atoms with E-state index in [1.54, 1.807) is 24.3 Å². The third-order valence-corrected chi connectivity index (χ3v) is 8.35. The molecule has 0 radical (unpaired) electrons. The Hall–Kier alpha value is -2.49. The van der Waals surface area contributed by atoms with Crippen molar-refractivity contribution in [1.82, 2.24) is 0 Å². The average Bonchev–Trinajstić information content (AvgIpc) is 2.97. The number of esters is 1. The number of benzene rings is 2. The van der Waals surface area contributed by atoms with Gasteiger partial charge in [-0.15, -0.1) is 0 Å². The first kappa shape index (κ1) is 31.0. The maximum Gasteiger partial charge on any atom is 0.343 e. The molecule has 1 atom stereocenters. The van der Waals surface area contributed by atoms with E-state index in [1.807, 2.05) is 24.3 Å². The van der Waals surface area contributed by atoms with Crippen LogP contribution in [0, 0.1) is 17.8 Å². The van der Waals surface area contributed by atoms with Crippen molar-refractivity contribution in [1.29, 1.82) is 0 Å². The van der Waals surface area contributed by atoms with Crippen LogP contribution in [-0.2, 0) is 0 Å². The van der Waals surface area contributed by atoms with E-state index in [-0.39, 0.29) is 5.97 Å². The van der Waals surface area contributed by atoms with Gasteiger partial charge >= 0.3 is 5.97 Å². The highest BCUT2D eigenvalue weighted by molar-refractivity contribution is 5.91. The summed E-state index contributed by atoms with van der Waals surface area (Å²) >= 11 is 0. The van der Waals surface area contributed by atoms with Gasteiger partial charge in [0.25, 0.3) is 0 Å². The summed E-state index contributed by atoms with van der Waals surface area (Å²) in [5.41, 5.74) is 0.510. The molecule has 4 nitrogen and oxygen atoms in total. The van der Waals surface area contributed by atoms with Gasteiger partial charge in [0, 0.05) is 0 Å². The monoisotopic (exact) mass is 536 g/mol. The van der Waals surface area contributed by atoms with E-state index in [4.69, 9.17) is 14.2 Å². The SMILES string of the molecule is CCCCCCCC1CCC(COc2ccc(OC(=O)c3ccc(OCCCCC(C)CC)cc3)cc2)CC1. The lowest BCUT2D eigenvalue weighted by atomic mass is 9.80. The van der Waals surface area contributed by atoms with Crippen LogP contribution in [0.5, 0.6) is 17.2 Å². The molecule has 39 heavy (non-hydrogen) atoms. The Morgan fingerprint density at radius 2 is 1.36 bits per heavy atom. The second-order valence-corrected chi connectivity index (χ2v) is 11.6. The summed E-state index contributed by atoms with van der Waals surface area (Å²) in [5.74, 6) is 4.12. The molecule has 1 saturated carbocycles. The normalized spacial score (nSPS) is 17.9. The first-order chi connectivity index (χ1) is 19.1. The maximum atomic E-state index is 12.6. The predicted octanol–water partition coefficient (Wildman–Crippen LogP) is 10.0. The van der Waals surface area contributed by atoms with Crippen molar-refractivity contribution in [3.63, 3.8) is 0 Å². The topological polar surface area (TPSA) is 44.8 Å². The first-order valence-corrected chi connectivity index (χ1v) is 15.7. The lowest BCUT2D eigenvalue weighted by molar-refractivity contribution is 0.0734. The molecule has 0 N–H and O–H groups in total. The summed E-state index contributed by atoms with van der Waals surface area (Å²) in [5, 5.41) is 0. The predicted molar refractivity (Wildman–Crippen MR) is 161 cm³/mol. The van der Waals surface area contributed by atoms with Gasteiger partial charge in [-0.1, -0.05) is 85.0 Å². The summed E-state index contributed by atoms with van der Waals surface area (Å²) < 4.78 is 17.5. The summed E-state index contributed by atoms with van der Waals surface area (Å²) in [4.78, 5) is 12.6. The third-order valence-electron chi connectivity index (χ3n) is 8.35. The fourth-order valence-corrected chi connectivity index (χ4v) is 5.38. The van der Waals surface area contributed by atoms with Crippen LogP contribution in [0.1, 0.15) is 121 Å².